The topological polar surface area (TPSA) is 17.1 Å². The molecule has 0 aromatic carbocycles. The summed E-state index contributed by atoms with van der Waals surface area (Å²) in [5.41, 5.74) is 4.18. The predicted octanol–water partition coefficient (Wildman–Crippen LogP) is 8.11. The Hall–Kier alpha value is -0.230. The van der Waals surface area contributed by atoms with E-state index in [9.17, 15) is 4.79 Å². The van der Waals surface area contributed by atoms with E-state index in [1.165, 1.54) is 26.0 Å². The van der Waals surface area contributed by atoms with E-state index in [2.05, 4.69) is 64.1 Å². The average molecular weight is 490 g/mol. The first-order valence-electron chi connectivity index (χ1n) is 7.59. The summed E-state index contributed by atoms with van der Waals surface area (Å²) in [5, 5.41) is 4.18. The van der Waals surface area contributed by atoms with Gasteiger partial charge >= 0.3 is 0 Å². The van der Waals surface area contributed by atoms with Crippen molar-refractivity contribution in [1.29, 1.82) is 0 Å². The van der Waals surface area contributed by atoms with Crippen LogP contribution in [0.1, 0.15) is 72.6 Å². The Balaban J connectivity index is 0.000000167. The average Bonchev–Trinajstić information content (AvgIpc) is 3.20. The van der Waals surface area contributed by atoms with Gasteiger partial charge in [0.2, 0.25) is 0 Å². The second-order valence-electron chi connectivity index (χ2n) is 6.24. The molecule has 0 saturated heterocycles. The maximum Gasteiger partial charge on any atom is 0.176 e. The van der Waals surface area contributed by atoms with Crippen LogP contribution in [0.4, 0.5) is 0 Å². The Morgan fingerprint density at radius 3 is 2.12 bits per heavy atom. The van der Waals surface area contributed by atoms with Crippen molar-refractivity contribution in [3.63, 3.8) is 0 Å². The Bertz CT molecular complexity index is 800. The number of hydrogen-bond acceptors (Lipinski definition) is 3. The quantitative estimate of drug-likeness (QED) is 0.365. The van der Waals surface area contributed by atoms with Gasteiger partial charge in [-0.3, -0.25) is 4.79 Å². The van der Waals surface area contributed by atoms with E-state index in [0.717, 1.165) is 9.35 Å². The number of carbonyl (C=O) groups excluding carboxylic acids is 1. The highest BCUT2D eigenvalue weighted by molar-refractivity contribution is 9.10. The smallest absolute Gasteiger partial charge is 0.176 e. The van der Waals surface area contributed by atoms with E-state index < -0.39 is 0 Å². The third kappa shape index (κ3) is 3.25. The number of Topliss-reactive ketones (excluding diaryl/α,β-unsaturated/α-hetero) is 1. The molecular formula is C19H22Br2OS2. The molecule has 24 heavy (non-hydrogen) atoms. The number of carbonyl (C=O) groups is 1. The van der Waals surface area contributed by atoms with Gasteiger partial charge < -0.3 is 0 Å². The van der Waals surface area contributed by atoms with Gasteiger partial charge in [-0.1, -0.05) is 33.8 Å². The second kappa shape index (κ2) is 7.56. The van der Waals surface area contributed by atoms with Crippen LogP contribution in [0.3, 0.4) is 0 Å². The summed E-state index contributed by atoms with van der Waals surface area (Å²) in [7, 11) is 0. The highest BCUT2D eigenvalue weighted by Crippen LogP contribution is 2.45. The minimum atomic E-state index is 0. The number of thiophene rings is 2. The summed E-state index contributed by atoms with van der Waals surface area (Å²) in [6, 6.07) is 0. The van der Waals surface area contributed by atoms with Crippen LogP contribution in [0.5, 0.6) is 0 Å². The molecule has 5 heteroatoms. The first kappa shape index (κ1) is 20.1. The molecule has 0 fully saturated rings. The molecule has 3 atom stereocenters. The third-order valence-electron chi connectivity index (χ3n) is 4.91. The van der Waals surface area contributed by atoms with E-state index in [4.69, 9.17) is 0 Å². The van der Waals surface area contributed by atoms with Crippen molar-refractivity contribution in [3.8, 4) is 0 Å². The summed E-state index contributed by atoms with van der Waals surface area (Å²) in [6.07, 6.45) is 2.29. The molecule has 0 spiro atoms. The zero-order chi connectivity index (χ0) is 16.9. The highest BCUT2D eigenvalue weighted by Gasteiger charge is 2.36. The Morgan fingerprint density at radius 2 is 1.54 bits per heavy atom. The lowest BCUT2D eigenvalue weighted by atomic mass is 9.97. The number of rotatable bonds is 0. The number of fused-ring (bicyclic) bond motifs is 2. The van der Waals surface area contributed by atoms with Crippen molar-refractivity contribution in [1.82, 2.24) is 0 Å². The zero-order valence-corrected chi connectivity index (χ0v) is 18.2. The summed E-state index contributed by atoms with van der Waals surface area (Å²) in [5.74, 6) is 1.48. The Kier molecular flexibility index (Phi) is 6.33. The van der Waals surface area contributed by atoms with E-state index >= 15 is 0 Å². The van der Waals surface area contributed by atoms with Gasteiger partial charge in [-0.05, 0) is 61.9 Å². The fourth-order valence-corrected chi connectivity index (χ4v) is 7.13. The maximum absolute atomic E-state index is 11.6. The highest BCUT2D eigenvalue weighted by atomic mass is 79.9. The van der Waals surface area contributed by atoms with Crippen molar-refractivity contribution in [3.05, 3.63) is 46.2 Å². The normalized spacial score (nSPS) is 23.8. The monoisotopic (exact) mass is 488 g/mol. The molecule has 0 bridgehead atoms. The first-order valence-corrected chi connectivity index (χ1v) is 10.9. The fraction of sp³-hybridized carbons (Fsp3) is 0.421. The molecule has 2 aromatic rings. The van der Waals surface area contributed by atoms with Gasteiger partial charge in [-0.2, -0.15) is 0 Å². The second-order valence-corrected chi connectivity index (χ2v) is 9.74. The number of allylic oxidation sites excluding steroid dienone is 1. The number of hydrogen-bond donors (Lipinski definition) is 0. The van der Waals surface area contributed by atoms with Crippen molar-refractivity contribution in [2.24, 2.45) is 5.92 Å². The van der Waals surface area contributed by atoms with E-state index in [-0.39, 0.29) is 13.3 Å². The van der Waals surface area contributed by atoms with E-state index in [1.54, 1.807) is 11.3 Å². The lowest BCUT2D eigenvalue weighted by Gasteiger charge is -2.07. The summed E-state index contributed by atoms with van der Waals surface area (Å²) in [6.45, 7) is 8.58. The van der Waals surface area contributed by atoms with Gasteiger partial charge in [-0.25, -0.2) is 0 Å². The summed E-state index contributed by atoms with van der Waals surface area (Å²) in [4.78, 5) is 14.0. The minimum absolute atomic E-state index is 0. The molecule has 2 aliphatic rings. The van der Waals surface area contributed by atoms with Gasteiger partial charge in [0.1, 0.15) is 0 Å². The molecule has 2 aromatic heterocycles. The van der Waals surface area contributed by atoms with Crippen LogP contribution < -0.4 is 0 Å². The molecule has 0 aliphatic heterocycles. The molecule has 0 saturated carbocycles. The maximum atomic E-state index is 11.6. The van der Waals surface area contributed by atoms with Crippen LogP contribution in [-0.2, 0) is 0 Å². The largest absolute Gasteiger partial charge is 0.293 e. The van der Waals surface area contributed by atoms with Crippen molar-refractivity contribution < 1.29 is 4.79 Å². The molecule has 0 radical (unpaired) electrons. The van der Waals surface area contributed by atoms with Gasteiger partial charge in [0.25, 0.3) is 0 Å². The van der Waals surface area contributed by atoms with Crippen molar-refractivity contribution >= 4 is 66.4 Å². The SMILES string of the molecule is C.CC1=Cc2scc(Br)c2C1C.CC1C(=O)c2scc(Br)c2C1C. The third-order valence-corrected chi connectivity index (χ3v) is 8.79. The van der Waals surface area contributed by atoms with Crippen LogP contribution in [0, 0.1) is 5.92 Å². The molecule has 2 aliphatic carbocycles. The first-order chi connectivity index (χ1) is 10.8. The van der Waals surface area contributed by atoms with Crippen molar-refractivity contribution in [2.75, 3.05) is 0 Å². The summed E-state index contributed by atoms with van der Waals surface area (Å²) >= 11 is 10.4. The van der Waals surface area contributed by atoms with Gasteiger partial charge in [0.05, 0.1) is 4.88 Å². The standard InChI is InChI=1S/C9H9BrOS.C9H9BrS.CH4/c1-4-5(2)8(11)9-7(4)6(10)3-12-9;1-5-3-8-9(6(5)2)7(10)4-11-8;/h3-5H,1-2H3;3-4,6H,1-2H3;1H4. The van der Waals surface area contributed by atoms with Crippen molar-refractivity contribution in [2.45, 2.75) is 47.0 Å². The molecule has 1 nitrogen and oxygen atoms in total. The van der Waals surface area contributed by atoms with Crippen LogP contribution >= 0.6 is 54.5 Å². The molecule has 0 N–H and O–H groups in total. The lowest BCUT2D eigenvalue weighted by molar-refractivity contribution is 0.0940. The van der Waals surface area contributed by atoms with E-state index in [0.29, 0.717) is 17.6 Å². The van der Waals surface area contributed by atoms with Crippen LogP contribution in [0.2, 0.25) is 0 Å². The van der Waals surface area contributed by atoms with Gasteiger partial charge in [0, 0.05) is 36.4 Å². The molecule has 4 rings (SSSR count). The number of halogens is 2. The molecule has 2 heterocycles. The minimum Gasteiger partial charge on any atom is -0.293 e. The molecular weight excluding hydrogens is 468 g/mol. The molecule has 130 valence electrons. The predicted molar refractivity (Wildman–Crippen MR) is 115 cm³/mol. The van der Waals surface area contributed by atoms with Gasteiger partial charge in [-0.15, -0.1) is 22.7 Å². The van der Waals surface area contributed by atoms with Crippen LogP contribution in [0.15, 0.2) is 25.3 Å². The molecule has 0 amide bonds. The fourth-order valence-electron chi connectivity index (χ4n) is 3.10. The Labute approximate surface area is 169 Å². The summed E-state index contributed by atoms with van der Waals surface area (Å²) < 4.78 is 2.38. The van der Waals surface area contributed by atoms with Crippen LogP contribution in [0.25, 0.3) is 6.08 Å². The lowest BCUT2D eigenvalue weighted by Crippen LogP contribution is -2.06. The Morgan fingerprint density at radius 1 is 0.958 bits per heavy atom. The van der Waals surface area contributed by atoms with Gasteiger partial charge in [0.15, 0.2) is 5.78 Å². The zero-order valence-electron chi connectivity index (χ0n) is 13.4. The van der Waals surface area contributed by atoms with Crippen LogP contribution in [-0.4, -0.2) is 5.78 Å². The number of ketones is 1. The molecule has 3 unspecified atom stereocenters. The van der Waals surface area contributed by atoms with E-state index in [1.807, 2.05) is 23.6 Å².